The van der Waals surface area contributed by atoms with Crippen LogP contribution in [0.15, 0.2) is 71.5 Å². The molecule has 6 heteroatoms. The summed E-state index contributed by atoms with van der Waals surface area (Å²) in [7, 11) is 0. The van der Waals surface area contributed by atoms with Crippen LogP contribution in [0.25, 0.3) is 22.0 Å². The van der Waals surface area contributed by atoms with Gasteiger partial charge in [0.15, 0.2) is 0 Å². The van der Waals surface area contributed by atoms with Gasteiger partial charge in [-0.2, -0.15) is 0 Å². The predicted molar refractivity (Wildman–Crippen MR) is 145 cm³/mol. The average molecular weight is 484 g/mol. The number of carbonyl (C=O) groups is 1. The van der Waals surface area contributed by atoms with Crippen LogP contribution in [-0.2, 0) is 17.7 Å². The summed E-state index contributed by atoms with van der Waals surface area (Å²) in [6.07, 6.45) is 2.70. The van der Waals surface area contributed by atoms with Crippen molar-refractivity contribution in [1.29, 1.82) is 0 Å². The molecule has 0 radical (unpaired) electrons. The van der Waals surface area contributed by atoms with E-state index >= 15 is 0 Å². The Kier molecular flexibility index (Phi) is 7.25. The Morgan fingerprint density at radius 2 is 1.75 bits per heavy atom. The largest absolute Gasteiger partial charge is 0.456 e. The number of hydrogen-bond donors (Lipinski definition) is 1. The van der Waals surface area contributed by atoms with Crippen LogP contribution < -0.4 is 11.3 Å². The summed E-state index contributed by atoms with van der Waals surface area (Å²) < 4.78 is 7.35. The molecule has 0 fully saturated rings. The van der Waals surface area contributed by atoms with Crippen molar-refractivity contribution in [1.82, 2.24) is 9.55 Å². The normalized spacial score (nSPS) is 11.6. The summed E-state index contributed by atoms with van der Waals surface area (Å²) in [5.41, 5.74) is 9.71. The van der Waals surface area contributed by atoms with Crippen LogP contribution >= 0.6 is 0 Å². The number of ether oxygens (including phenoxy) is 1. The molecule has 0 amide bonds. The highest BCUT2D eigenvalue weighted by Gasteiger charge is 2.20. The molecule has 0 unspecified atom stereocenters. The summed E-state index contributed by atoms with van der Waals surface area (Å²) in [6.45, 7) is 8.10. The average Bonchev–Trinajstić information content (AvgIpc) is 2.84. The molecule has 1 aromatic heterocycles. The third-order valence-corrected chi connectivity index (χ3v) is 5.96. The number of esters is 1. The number of nitrogen functional groups attached to an aromatic ring is 1. The smallest absolute Gasteiger partial charge is 0.339 e. The molecule has 4 rings (SSSR count). The Morgan fingerprint density at radius 1 is 1.03 bits per heavy atom. The van der Waals surface area contributed by atoms with E-state index in [1.165, 1.54) is 0 Å². The van der Waals surface area contributed by atoms with Crippen LogP contribution in [0.4, 0.5) is 5.69 Å². The fraction of sp³-hybridized carbons (Fsp3) is 0.300. The third-order valence-electron chi connectivity index (χ3n) is 5.96. The van der Waals surface area contributed by atoms with Gasteiger partial charge in [0.2, 0.25) is 0 Å². The van der Waals surface area contributed by atoms with E-state index in [9.17, 15) is 9.59 Å². The van der Waals surface area contributed by atoms with Gasteiger partial charge in [-0.15, -0.1) is 0 Å². The first-order valence-electron chi connectivity index (χ1n) is 12.4. The van der Waals surface area contributed by atoms with Crippen molar-refractivity contribution in [2.24, 2.45) is 0 Å². The van der Waals surface area contributed by atoms with Crippen molar-refractivity contribution in [3.8, 4) is 11.1 Å². The standard InChI is InChI=1S/C30H33N3O3/c1-5-6-11-27-32-26-17-16-22(31)18-25(26)28(34)33(27)19-20-12-14-21(15-13-20)23-9-7-8-10-24(23)29(35)36-30(2,3)4/h7-10,12-18H,5-6,11,19,31H2,1-4H3. The second kappa shape index (κ2) is 10.4. The molecule has 1 heterocycles. The van der Waals surface area contributed by atoms with Crippen LogP contribution in [0.2, 0.25) is 0 Å². The van der Waals surface area contributed by atoms with Gasteiger partial charge >= 0.3 is 5.97 Å². The lowest BCUT2D eigenvalue weighted by Gasteiger charge is -2.20. The van der Waals surface area contributed by atoms with E-state index in [0.717, 1.165) is 41.8 Å². The van der Waals surface area contributed by atoms with Gasteiger partial charge in [0.25, 0.3) is 5.56 Å². The second-order valence-corrected chi connectivity index (χ2v) is 10.0. The Hall–Kier alpha value is -3.93. The zero-order valence-electron chi connectivity index (χ0n) is 21.4. The van der Waals surface area contributed by atoms with Gasteiger partial charge in [-0.3, -0.25) is 9.36 Å². The highest BCUT2D eigenvalue weighted by atomic mass is 16.6. The van der Waals surface area contributed by atoms with E-state index in [1.807, 2.05) is 69.3 Å². The summed E-state index contributed by atoms with van der Waals surface area (Å²) >= 11 is 0. The summed E-state index contributed by atoms with van der Waals surface area (Å²) in [4.78, 5) is 31.0. The minimum absolute atomic E-state index is 0.0854. The van der Waals surface area contributed by atoms with Crippen LogP contribution in [0.5, 0.6) is 0 Å². The maximum absolute atomic E-state index is 13.4. The van der Waals surface area contributed by atoms with Gasteiger partial charge in [0.05, 0.1) is 23.0 Å². The molecule has 0 saturated heterocycles. The molecular weight excluding hydrogens is 450 g/mol. The molecule has 2 N–H and O–H groups in total. The first-order valence-corrected chi connectivity index (χ1v) is 12.4. The van der Waals surface area contributed by atoms with Crippen molar-refractivity contribution in [3.05, 3.63) is 94.0 Å². The molecule has 0 aliphatic rings. The maximum atomic E-state index is 13.4. The summed E-state index contributed by atoms with van der Waals surface area (Å²) in [5.74, 6) is 0.425. The van der Waals surface area contributed by atoms with E-state index in [-0.39, 0.29) is 11.5 Å². The number of fused-ring (bicyclic) bond motifs is 1. The zero-order valence-corrected chi connectivity index (χ0v) is 21.4. The number of nitrogens with two attached hydrogens (primary N) is 1. The fourth-order valence-electron chi connectivity index (χ4n) is 4.19. The molecule has 4 aromatic rings. The van der Waals surface area contributed by atoms with Crippen LogP contribution in [0, 0.1) is 0 Å². The van der Waals surface area contributed by atoms with Crippen LogP contribution in [-0.4, -0.2) is 21.1 Å². The van der Waals surface area contributed by atoms with E-state index in [2.05, 4.69) is 6.92 Å². The Morgan fingerprint density at radius 3 is 2.44 bits per heavy atom. The monoisotopic (exact) mass is 483 g/mol. The summed E-state index contributed by atoms with van der Waals surface area (Å²) in [5, 5.41) is 0.526. The van der Waals surface area contributed by atoms with Crippen molar-refractivity contribution >= 4 is 22.6 Å². The molecule has 6 nitrogen and oxygen atoms in total. The molecular formula is C30H33N3O3. The first-order chi connectivity index (χ1) is 17.2. The number of unbranched alkanes of at least 4 members (excludes halogenated alkanes) is 1. The molecule has 0 atom stereocenters. The number of aromatic nitrogens is 2. The van der Waals surface area contributed by atoms with Crippen molar-refractivity contribution in [3.63, 3.8) is 0 Å². The number of aryl methyl sites for hydroxylation is 1. The Bertz CT molecular complexity index is 1450. The lowest BCUT2D eigenvalue weighted by molar-refractivity contribution is 0.00704. The predicted octanol–water partition coefficient (Wildman–Crippen LogP) is 5.99. The molecule has 0 bridgehead atoms. The third kappa shape index (κ3) is 5.65. The molecule has 0 aliphatic heterocycles. The fourth-order valence-corrected chi connectivity index (χ4v) is 4.19. The maximum Gasteiger partial charge on any atom is 0.339 e. The van der Waals surface area contributed by atoms with E-state index in [1.54, 1.807) is 22.8 Å². The SMILES string of the molecule is CCCCc1nc2ccc(N)cc2c(=O)n1Cc1ccc(-c2ccccc2C(=O)OC(C)(C)C)cc1. The van der Waals surface area contributed by atoms with Crippen molar-refractivity contribution in [2.45, 2.75) is 59.1 Å². The Balaban J connectivity index is 1.68. The van der Waals surface area contributed by atoms with Crippen LogP contribution in [0.3, 0.4) is 0 Å². The van der Waals surface area contributed by atoms with E-state index < -0.39 is 5.60 Å². The lowest BCUT2D eigenvalue weighted by atomic mass is 9.98. The second-order valence-electron chi connectivity index (χ2n) is 10.0. The highest BCUT2D eigenvalue weighted by molar-refractivity contribution is 5.97. The molecule has 0 spiro atoms. The number of hydrogen-bond acceptors (Lipinski definition) is 5. The number of nitrogens with zero attached hydrogens (tertiary/aromatic N) is 2. The molecule has 0 aliphatic carbocycles. The quantitative estimate of drug-likeness (QED) is 0.258. The molecule has 0 saturated carbocycles. The van der Waals surface area contributed by atoms with Gasteiger partial charge in [-0.25, -0.2) is 9.78 Å². The highest BCUT2D eigenvalue weighted by Crippen LogP contribution is 2.26. The van der Waals surface area contributed by atoms with Gasteiger partial charge in [0.1, 0.15) is 11.4 Å². The number of anilines is 1. The van der Waals surface area contributed by atoms with Gasteiger partial charge in [-0.05, 0) is 68.1 Å². The zero-order chi connectivity index (χ0) is 25.9. The van der Waals surface area contributed by atoms with E-state index in [0.29, 0.717) is 28.7 Å². The number of carbonyl (C=O) groups excluding carboxylic acids is 1. The minimum atomic E-state index is -0.574. The molecule has 186 valence electrons. The number of benzene rings is 3. The molecule has 36 heavy (non-hydrogen) atoms. The molecule has 3 aromatic carbocycles. The summed E-state index contributed by atoms with van der Waals surface area (Å²) in [6, 6.07) is 20.6. The van der Waals surface area contributed by atoms with Gasteiger partial charge in [0, 0.05) is 12.1 Å². The number of rotatable bonds is 7. The minimum Gasteiger partial charge on any atom is -0.456 e. The van der Waals surface area contributed by atoms with Crippen molar-refractivity contribution < 1.29 is 9.53 Å². The van der Waals surface area contributed by atoms with E-state index in [4.69, 9.17) is 15.5 Å². The topological polar surface area (TPSA) is 87.2 Å². The van der Waals surface area contributed by atoms with Gasteiger partial charge in [-0.1, -0.05) is 55.8 Å². The lowest BCUT2D eigenvalue weighted by Crippen LogP contribution is -2.26. The first kappa shape index (κ1) is 25.2. The van der Waals surface area contributed by atoms with Crippen molar-refractivity contribution in [2.75, 3.05) is 5.73 Å². The Labute approximate surface area is 211 Å². The van der Waals surface area contributed by atoms with Gasteiger partial charge < -0.3 is 10.5 Å². The van der Waals surface area contributed by atoms with Crippen LogP contribution in [0.1, 0.15) is 62.3 Å².